The summed E-state index contributed by atoms with van der Waals surface area (Å²) in [5, 5.41) is 3.31. The van der Waals surface area contributed by atoms with E-state index >= 15 is 0 Å². The Morgan fingerprint density at radius 3 is 2.34 bits per heavy atom. The summed E-state index contributed by atoms with van der Waals surface area (Å²) >= 11 is 6.69. The van der Waals surface area contributed by atoms with Gasteiger partial charge in [0.2, 0.25) is 0 Å². The van der Waals surface area contributed by atoms with E-state index in [-0.39, 0.29) is 11.5 Å². The molecular formula is C27H22N4O2S2. The second-order valence-electron chi connectivity index (χ2n) is 8.02. The zero-order chi connectivity index (χ0) is 24.2. The molecule has 1 saturated heterocycles. The van der Waals surface area contributed by atoms with Crippen molar-refractivity contribution in [1.82, 2.24) is 14.3 Å². The molecule has 4 aromatic rings. The largest absolute Gasteiger partial charge is 0.369 e. The SMILES string of the molecule is O=C1C(=Cc2c(NCCc3ccccc3)nc3ccccn3c2=O)SC(=S)N1Cc1ccccc1. The summed E-state index contributed by atoms with van der Waals surface area (Å²) in [4.78, 5) is 33.3. The second-order valence-corrected chi connectivity index (χ2v) is 9.70. The van der Waals surface area contributed by atoms with Crippen molar-refractivity contribution in [2.45, 2.75) is 13.0 Å². The number of fused-ring (bicyclic) bond motifs is 1. The fourth-order valence-electron chi connectivity index (χ4n) is 3.87. The van der Waals surface area contributed by atoms with Gasteiger partial charge in [0.25, 0.3) is 11.5 Å². The van der Waals surface area contributed by atoms with Crippen LogP contribution in [0.4, 0.5) is 5.82 Å². The van der Waals surface area contributed by atoms with Crippen molar-refractivity contribution in [2.24, 2.45) is 0 Å². The van der Waals surface area contributed by atoms with Crippen LogP contribution < -0.4 is 10.9 Å². The van der Waals surface area contributed by atoms with E-state index in [1.54, 1.807) is 29.3 Å². The van der Waals surface area contributed by atoms with E-state index in [9.17, 15) is 9.59 Å². The Kier molecular flexibility index (Phi) is 6.74. The molecule has 1 fully saturated rings. The number of aromatic nitrogens is 2. The predicted molar refractivity (Wildman–Crippen MR) is 145 cm³/mol. The Morgan fingerprint density at radius 2 is 1.60 bits per heavy atom. The van der Waals surface area contributed by atoms with Gasteiger partial charge in [-0.2, -0.15) is 0 Å². The van der Waals surface area contributed by atoms with E-state index in [1.165, 1.54) is 21.7 Å². The molecule has 8 heteroatoms. The van der Waals surface area contributed by atoms with Crippen LogP contribution in [0.2, 0.25) is 0 Å². The lowest BCUT2D eigenvalue weighted by atomic mass is 10.1. The minimum Gasteiger partial charge on any atom is -0.369 e. The maximum absolute atomic E-state index is 13.4. The summed E-state index contributed by atoms with van der Waals surface area (Å²) in [5.74, 6) is 0.238. The molecule has 1 amide bonds. The highest BCUT2D eigenvalue weighted by atomic mass is 32.2. The van der Waals surface area contributed by atoms with Crippen molar-refractivity contribution in [1.29, 1.82) is 0 Å². The Morgan fingerprint density at radius 1 is 0.914 bits per heavy atom. The van der Waals surface area contributed by atoms with Crippen molar-refractivity contribution in [3.05, 3.63) is 117 Å². The number of hydrogen-bond donors (Lipinski definition) is 1. The van der Waals surface area contributed by atoms with Gasteiger partial charge in [0.1, 0.15) is 15.8 Å². The van der Waals surface area contributed by atoms with Crippen LogP contribution in [-0.4, -0.2) is 31.1 Å². The normalized spacial score (nSPS) is 14.7. The quantitative estimate of drug-likeness (QED) is 0.293. The average molecular weight is 499 g/mol. The zero-order valence-corrected chi connectivity index (χ0v) is 20.4. The Labute approximate surface area is 212 Å². The molecule has 35 heavy (non-hydrogen) atoms. The molecule has 0 atom stereocenters. The lowest BCUT2D eigenvalue weighted by Crippen LogP contribution is -2.27. The number of hydrogen-bond acceptors (Lipinski definition) is 6. The molecule has 0 saturated carbocycles. The van der Waals surface area contributed by atoms with E-state index < -0.39 is 0 Å². The molecule has 3 heterocycles. The summed E-state index contributed by atoms with van der Waals surface area (Å²) in [6, 6.07) is 25.2. The molecule has 174 valence electrons. The van der Waals surface area contributed by atoms with Crippen molar-refractivity contribution in [2.75, 3.05) is 11.9 Å². The Hall–Kier alpha value is -3.75. The van der Waals surface area contributed by atoms with Crippen LogP contribution in [0.1, 0.15) is 16.7 Å². The van der Waals surface area contributed by atoms with Gasteiger partial charge in [0.15, 0.2) is 0 Å². The number of benzene rings is 2. The molecule has 1 N–H and O–H groups in total. The highest BCUT2D eigenvalue weighted by molar-refractivity contribution is 8.26. The molecule has 1 aliphatic heterocycles. The zero-order valence-electron chi connectivity index (χ0n) is 18.8. The smallest absolute Gasteiger partial charge is 0.267 e. The molecule has 0 aliphatic carbocycles. The van der Waals surface area contributed by atoms with Gasteiger partial charge in [0.05, 0.1) is 17.0 Å². The van der Waals surface area contributed by atoms with Crippen LogP contribution in [-0.2, 0) is 17.8 Å². The van der Waals surface area contributed by atoms with Gasteiger partial charge in [-0.15, -0.1) is 0 Å². The van der Waals surface area contributed by atoms with Crippen LogP contribution in [0.3, 0.4) is 0 Å². The van der Waals surface area contributed by atoms with Crippen LogP contribution in [0, 0.1) is 0 Å². The highest BCUT2D eigenvalue weighted by Gasteiger charge is 2.32. The number of pyridine rings is 1. The first kappa shape index (κ1) is 23.0. The number of rotatable bonds is 7. The van der Waals surface area contributed by atoms with Crippen LogP contribution >= 0.6 is 24.0 Å². The van der Waals surface area contributed by atoms with Crippen molar-refractivity contribution in [3.63, 3.8) is 0 Å². The predicted octanol–water partition coefficient (Wildman–Crippen LogP) is 4.75. The Balaban J connectivity index is 1.47. The Bertz CT molecular complexity index is 1480. The molecule has 0 bridgehead atoms. The number of thiocarbonyl (C=S) groups is 1. The van der Waals surface area contributed by atoms with Gasteiger partial charge in [-0.3, -0.25) is 18.9 Å². The number of carbonyl (C=O) groups is 1. The van der Waals surface area contributed by atoms with Gasteiger partial charge in [-0.25, -0.2) is 4.98 Å². The van der Waals surface area contributed by atoms with Gasteiger partial charge >= 0.3 is 0 Å². The lowest BCUT2D eigenvalue weighted by molar-refractivity contribution is -0.122. The summed E-state index contributed by atoms with van der Waals surface area (Å²) in [5.41, 5.74) is 2.79. The van der Waals surface area contributed by atoms with Crippen molar-refractivity contribution < 1.29 is 4.79 Å². The molecule has 6 nitrogen and oxygen atoms in total. The van der Waals surface area contributed by atoms with E-state index in [4.69, 9.17) is 12.2 Å². The lowest BCUT2D eigenvalue weighted by Gasteiger charge is -2.14. The highest BCUT2D eigenvalue weighted by Crippen LogP contribution is 2.34. The first-order chi connectivity index (χ1) is 17.1. The van der Waals surface area contributed by atoms with Gasteiger partial charge in [-0.1, -0.05) is 90.7 Å². The van der Waals surface area contributed by atoms with E-state index in [2.05, 4.69) is 22.4 Å². The van der Waals surface area contributed by atoms with E-state index in [0.717, 1.165) is 12.0 Å². The number of carbonyl (C=O) groups excluding carboxylic acids is 1. The van der Waals surface area contributed by atoms with Crippen molar-refractivity contribution >= 4 is 51.7 Å². The maximum Gasteiger partial charge on any atom is 0.267 e. The number of nitrogens with zero attached hydrogens (tertiary/aromatic N) is 3. The number of thioether (sulfide) groups is 1. The van der Waals surface area contributed by atoms with Gasteiger partial charge in [0, 0.05) is 12.7 Å². The molecular weight excluding hydrogens is 476 g/mol. The molecule has 0 spiro atoms. The number of anilines is 1. The topological polar surface area (TPSA) is 66.7 Å². The third-order valence-electron chi connectivity index (χ3n) is 5.65. The molecule has 2 aromatic heterocycles. The van der Waals surface area contributed by atoms with Crippen molar-refractivity contribution in [3.8, 4) is 0 Å². The number of amides is 1. The summed E-state index contributed by atoms with van der Waals surface area (Å²) in [7, 11) is 0. The molecule has 5 rings (SSSR count). The van der Waals surface area contributed by atoms with E-state index in [1.807, 2.05) is 54.6 Å². The third-order valence-corrected chi connectivity index (χ3v) is 7.03. The first-order valence-electron chi connectivity index (χ1n) is 11.2. The maximum atomic E-state index is 13.4. The summed E-state index contributed by atoms with van der Waals surface area (Å²) in [6.07, 6.45) is 4.07. The van der Waals surface area contributed by atoms with Gasteiger partial charge < -0.3 is 5.32 Å². The minimum absolute atomic E-state index is 0.211. The van der Waals surface area contributed by atoms with Gasteiger partial charge in [-0.05, 0) is 35.8 Å². The van der Waals surface area contributed by atoms with Crippen LogP contribution in [0.15, 0.2) is 94.8 Å². The first-order valence-corrected chi connectivity index (χ1v) is 12.4. The standard InChI is InChI=1S/C27H22N4O2S2/c32-25-21(17-22-26(33)31(27(34)35-22)18-20-11-5-2-6-12-20)24(29-23-13-7-8-16-30(23)25)28-15-14-19-9-3-1-4-10-19/h1-13,16-17,28H,14-15,18H2. The molecule has 0 radical (unpaired) electrons. The fraction of sp³-hybridized carbons (Fsp3) is 0.111. The second kappa shape index (κ2) is 10.2. The minimum atomic E-state index is -0.244. The third kappa shape index (κ3) is 5.03. The monoisotopic (exact) mass is 498 g/mol. The van der Waals surface area contributed by atoms with E-state index in [0.29, 0.717) is 39.3 Å². The number of nitrogens with one attached hydrogen (secondary N) is 1. The van der Waals surface area contributed by atoms with Crippen LogP contribution in [0.25, 0.3) is 11.7 Å². The molecule has 1 aliphatic rings. The summed E-state index contributed by atoms with van der Waals surface area (Å²) < 4.78 is 1.95. The fourth-order valence-corrected chi connectivity index (χ4v) is 5.11. The average Bonchev–Trinajstić information content (AvgIpc) is 3.15. The molecule has 0 unspecified atom stereocenters. The molecule has 2 aromatic carbocycles. The summed E-state index contributed by atoms with van der Waals surface area (Å²) in [6.45, 7) is 0.981. The van der Waals surface area contributed by atoms with Crippen LogP contribution in [0.5, 0.6) is 0 Å².